The molecule has 3 N–H and O–H groups in total. The minimum Gasteiger partial charge on any atom is -0.493 e. The number of benzene rings is 1. The van der Waals surface area contributed by atoms with E-state index >= 15 is 0 Å². The first-order valence-corrected chi connectivity index (χ1v) is 16.4. The highest BCUT2D eigenvalue weighted by atomic mass is 32.2. The van der Waals surface area contributed by atoms with Gasteiger partial charge >= 0.3 is 0 Å². The lowest BCUT2D eigenvalue weighted by Crippen LogP contribution is -2.43. The largest absolute Gasteiger partial charge is 0.493 e. The Kier molecular flexibility index (Phi) is 14.9. The van der Waals surface area contributed by atoms with E-state index in [9.17, 15) is 25.3 Å². The van der Waals surface area contributed by atoms with Gasteiger partial charge in [-0.05, 0) is 37.0 Å². The van der Waals surface area contributed by atoms with Crippen LogP contribution in [0.4, 0.5) is 0 Å². The van der Waals surface area contributed by atoms with Gasteiger partial charge in [-0.2, -0.15) is 25.3 Å². The van der Waals surface area contributed by atoms with Gasteiger partial charge in [0.2, 0.25) is 0 Å². The summed E-state index contributed by atoms with van der Waals surface area (Å²) in [7, 11) is -12.5. The van der Waals surface area contributed by atoms with Crippen molar-refractivity contribution in [1.82, 2.24) is 0 Å². The molecule has 13 nitrogen and oxygen atoms in total. The van der Waals surface area contributed by atoms with Crippen molar-refractivity contribution in [3.8, 4) is 5.75 Å². The van der Waals surface area contributed by atoms with Crippen LogP contribution in [0.5, 0.6) is 5.75 Å². The fourth-order valence-corrected chi connectivity index (χ4v) is 4.53. The Bertz CT molecular complexity index is 1040. The van der Waals surface area contributed by atoms with E-state index in [1.807, 2.05) is 0 Å². The lowest BCUT2D eigenvalue weighted by atomic mass is 9.92. The molecule has 0 saturated carbocycles. The summed E-state index contributed by atoms with van der Waals surface area (Å²) >= 11 is 0. The van der Waals surface area contributed by atoms with Gasteiger partial charge in [0, 0.05) is 19.8 Å². The number of rotatable bonds is 22. The van der Waals surface area contributed by atoms with Crippen molar-refractivity contribution < 1.29 is 57.9 Å². The lowest BCUT2D eigenvalue weighted by Gasteiger charge is -2.33. The Balaban J connectivity index is 2.94. The van der Waals surface area contributed by atoms with Crippen LogP contribution < -0.4 is 4.74 Å². The summed E-state index contributed by atoms with van der Waals surface area (Å²) in [4.78, 5) is 0. The smallest absolute Gasteiger partial charge is 0.264 e. The first-order valence-electron chi connectivity index (χ1n) is 11.6. The Labute approximate surface area is 224 Å². The fraction of sp³-hybridized carbons (Fsp3) is 0.636. The van der Waals surface area contributed by atoms with Crippen molar-refractivity contribution in [2.45, 2.75) is 19.3 Å². The maximum atomic E-state index is 11.0. The zero-order valence-corrected chi connectivity index (χ0v) is 23.4. The van der Waals surface area contributed by atoms with Crippen molar-refractivity contribution in [2.24, 2.45) is 5.41 Å². The van der Waals surface area contributed by atoms with E-state index in [1.165, 1.54) is 0 Å². The van der Waals surface area contributed by atoms with Gasteiger partial charge in [-0.3, -0.25) is 13.7 Å². The molecule has 0 atom stereocenters. The molecule has 0 aliphatic carbocycles. The average molecular weight is 605 g/mol. The summed E-state index contributed by atoms with van der Waals surface area (Å²) in [6.07, 6.45) is 1.71. The second kappa shape index (κ2) is 16.5. The highest BCUT2D eigenvalue weighted by Gasteiger charge is 2.33. The van der Waals surface area contributed by atoms with Crippen LogP contribution in [0.25, 0.3) is 6.08 Å². The zero-order chi connectivity index (χ0) is 28.7. The molecule has 0 bridgehead atoms. The predicted molar refractivity (Wildman–Crippen MR) is 140 cm³/mol. The summed E-state index contributed by atoms with van der Waals surface area (Å²) in [5.41, 5.74) is -0.138. The first kappa shape index (κ1) is 34.4. The van der Waals surface area contributed by atoms with E-state index in [0.29, 0.717) is 5.75 Å². The van der Waals surface area contributed by atoms with Crippen LogP contribution in [0, 0.1) is 5.41 Å². The molecule has 0 heterocycles. The van der Waals surface area contributed by atoms with Gasteiger partial charge in [0.25, 0.3) is 30.4 Å². The summed E-state index contributed by atoms with van der Waals surface area (Å²) in [5.74, 6) is -0.983. The van der Waals surface area contributed by atoms with Gasteiger partial charge in [-0.1, -0.05) is 24.8 Å². The number of hydrogen-bond donors (Lipinski definition) is 3. The molecule has 0 aliphatic heterocycles. The van der Waals surface area contributed by atoms with Crippen LogP contribution in [-0.2, 0) is 44.6 Å². The monoisotopic (exact) mass is 604 g/mol. The van der Waals surface area contributed by atoms with E-state index in [-0.39, 0.29) is 65.5 Å². The van der Waals surface area contributed by atoms with Crippen molar-refractivity contribution in [2.75, 3.05) is 63.5 Å². The molecule has 38 heavy (non-hydrogen) atoms. The molecule has 0 spiro atoms. The van der Waals surface area contributed by atoms with Gasteiger partial charge < -0.3 is 18.9 Å². The Morgan fingerprint density at radius 3 is 1.34 bits per heavy atom. The third kappa shape index (κ3) is 17.8. The predicted octanol–water partition coefficient (Wildman–Crippen LogP) is 1.58. The van der Waals surface area contributed by atoms with Gasteiger partial charge in [0.1, 0.15) is 12.4 Å². The minimum atomic E-state index is -4.16. The standard InChI is InChI=1S/C22H36O13S3/c1-2-20-6-8-21(9-7-20)35-19-22(16-32-10-3-13-36(23,24)25,17-33-11-4-14-37(26,27)28)18-34-12-5-15-38(29,30)31/h2,6-9H,1,3-5,10-19H2,(H,23,24,25)(H,26,27,28)(H,29,30,31). The first-order chi connectivity index (χ1) is 17.6. The van der Waals surface area contributed by atoms with Crippen molar-refractivity contribution >= 4 is 36.4 Å². The molecule has 0 fully saturated rings. The highest BCUT2D eigenvalue weighted by molar-refractivity contribution is 7.86. The van der Waals surface area contributed by atoms with Crippen LogP contribution in [0.2, 0.25) is 0 Å². The van der Waals surface area contributed by atoms with Gasteiger partial charge in [-0.15, -0.1) is 0 Å². The summed E-state index contributed by atoms with van der Waals surface area (Å²) < 4.78 is 115. The molecular formula is C22H36O13S3. The molecule has 0 unspecified atom stereocenters. The van der Waals surface area contributed by atoms with Crippen molar-refractivity contribution in [1.29, 1.82) is 0 Å². The van der Waals surface area contributed by atoms with Gasteiger partial charge in [0.15, 0.2) is 0 Å². The second-order valence-electron chi connectivity index (χ2n) is 8.64. The van der Waals surface area contributed by atoms with E-state index in [1.54, 1.807) is 30.3 Å². The van der Waals surface area contributed by atoms with Crippen LogP contribution in [0.1, 0.15) is 24.8 Å². The van der Waals surface area contributed by atoms with Crippen LogP contribution in [0.15, 0.2) is 30.8 Å². The molecule has 0 aromatic heterocycles. The third-order valence-corrected chi connectivity index (χ3v) is 7.37. The van der Waals surface area contributed by atoms with Crippen molar-refractivity contribution in [3.05, 3.63) is 36.4 Å². The lowest BCUT2D eigenvalue weighted by molar-refractivity contribution is -0.0879. The van der Waals surface area contributed by atoms with Crippen LogP contribution in [-0.4, -0.2) is 102 Å². The molecule has 0 aliphatic rings. The number of ether oxygens (including phenoxy) is 4. The quantitative estimate of drug-likeness (QED) is 0.127. The van der Waals surface area contributed by atoms with Crippen LogP contribution in [0.3, 0.4) is 0 Å². The maximum Gasteiger partial charge on any atom is 0.264 e. The molecule has 16 heteroatoms. The summed E-state index contributed by atoms with van der Waals surface area (Å²) in [5, 5.41) is 0. The second-order valence-corrected chi connectivity index (χ2v) is 13.4. The Morgan fingerprint density at radius 2 is 1.03 bits per heavy atom. The Morgan fingerprint density at radius 1 is 0.658 bits per heavy atom. The number of hydrogen-bond acceptors (Lipinski definition) is 10. The topological polar surface area (TPSA) is 200 Å². The summed E-state index contributed by atoms with van der Waals surface area (Å²) in [6, 6.07) is 7.00. The van der Waals surface area contributed by atoms with Gasteiger partial charge in [0.05, 0.1) is 42.5 Å². The van der Waals surface area contributed by atoms with E-state index in [0.717, 1.165) is 5.56 Å². The molecular weight excluding hydrogens is 568 g/mol. The highest BCUT2D eigenvalue weighted by Crippen LogP contribution is 2.24. The Hall–Kier alpha value is -1.63. The third-order valence-electron chi connectivity index (χ3n) is 4.96. The molecule has 1 aromatic rings. The van der Waals surface area contributed by atoms with Gasteiger partial charge in [-0.25, -0.2) is 0 Å². The maximum absolute atomic E-state index is 11.0. The molecule has 1 aromatic carbocycles. The van der Waals surface area contributed by atoms with E-state index in [4.69, 9.17) is 32.6 Å². The normalized spacial score (nSPS) is 12.9. The van der Waals surface area contributed by atoms with E-state index in [2.05, 4.69) is 6.58 Å². The van der Waals surface area contributed by atoms with E-state index < -0.39 is 53.0 Å². The molecule has 0 radical (unpaired) electrons. The minimum absolute atomic E-state index is 0.0171. The SMILES string of the molecule is C=Cc1ccc(OCC(COCCCS(=O)(=O)O)(COCCCS(=O)(=O)O)COCCCS(=O)(=O)O)cc1. The van der Waals surface area contributed by atoms with Crippen molar-refractivity contribution in [3.63, 3.8) is 0 Å². The fourth-order valence-electron chi connectivity index (χ4n) is 3.08. The average Bonchev–Trinajstić information content (AvgIpc) is 2.80. The zero-order valence-electron chi connectivity index (χ0n) is 20.9. The molecule has 0 amide bonds. The summed E-state index contributed by atoms with van der Waals surface area (Å²) in [6.45, 7) is 3.42. The molecule has 220 valence electrons. The molecule has 0 saturated heterocycles. The molecule has 1 rings (SSSR count). The van der Waals surface area contributed by atoms with Crippen LogP contribution >= 0.6 is 0 Å².